The molecule has 1 aliphatic heterocycles. The van der Waals surface area contributed by atoms with Gasteiger partial charge >= 0.3 is 0 Å². The van der Waals surface area contributed by atoms with Crippen molar-refractivity contribution in [3.8, 4) is 17.0 Å². The van der Waals surface area contributed by atoms with Gasteiger partial charge in [0.2, 0.25) is 0 Å². The molecule has 0 atom stereocenters. The van der Waals surface area contributed by atoms with Crippen molar-refractivity contribution in [2.75, 3.05) is 39.0 Å². The standard InChI is InChI=1S/C29H35N7O/c1-34-15-17-35(18-16-34)23-9-11-24(12-10-23)36-29-26(28(30)31-20-32-29)27(33-36)22-7-13-25(14-8-22)37-19-21-5-3-2-4-6-21/h2-8,13-14,20,23-24H,9-12,15-19H2,1H3,(H2,30,31,32)/t23-,24-. The summed E-state index contributed by atoms with van der Waals surface area (Å²) in [6.07, 6.45) is 6.14. The predicted molar refractivity (Wildman–Crippen MR) is 146 cm³/mol. The van der Waals surface area contributed by atoms with E-state index in [2.05, 4.69) is 43.6 Å². The van der Waals surface area contributed by atoms with Crippen LogP contribution in [0.1, 0.15) is 37.3 Å². The first-order valence-corrected chi connectivity index (χ1v) is 13.3. The molecule has 4 aromatic rings. The van der Waals surface area contributed by atoms with Crippen molar-refractivity contribution in [2.24, 2.45) is 0 Å². The molecule has 2 aromatic heterocycles. The molecule has 0 amide bonds. The number of fused-ring (bicyclic) bond motifs is 1. The summed E-state index contributed by atoms with van der Waals surface area (Å²) in [5.41, 5.74) is 10.2. The van der Waals surface area contributed by atoms with Crippen LogP contribution in [0.2, 0.25) is 0 Å². The van der Waals surface area contributed by atoms with Crippen LogP contribution in [0.3, 0.4) is 0 Å². The maximum atomic E-state index is 6.37. The third-order valence-corrected chi connectivity index (χ3v) is 7.96. The SMILES string of the molecule is CN1CCN([C@H]2CC[C@H](n3nc(-c4ccc(OCc5ccccc5)cc4)c4c(N)ncnc43)CC2)CC1. The molecule has 6 rings (SSSR count). The van der Waals surface area contributed by atoms with E-state index in [4.69, 9.17) is 15.6 Å². The molecular weight excluding hydrogens is 462 g/mol. The average Bonchev–Trinajstić information content (AvgIpc) is 3.34. The normalized spacial score (nSPS) is 21.3. The molecule has 1 saturated heterocycles. The molecule has 0 spiro atoms. The van der Waals surface area contributed by atoms with Gasteiger partial charge in [-0.3, -0.25) is 4.90 Å². The van der Waals surface area contributed by atoms with Crippen LogP contribution >= 0.6 is 0 Å². The summed E-state index contributed by atoms with van der Waals surface area (Å²) in [6, 6.07) is 19.3. The Morgan fingerprint density at radius 1 is 0.865 bits per heavy atom. The molecule has 0 radical (unpaired) electrons. The zero-order valence-corrected chi connectivity index (χ0v) is 21.5. The van der Waals surface area contributed by atoms with Crippen molar-refractivity contribution in [1.29, 1.82) is 0 Å². The topological polar surface area (TPSA) is 85.3 Å². The third kappa shape index (κ3) is 5.04. The number of benzene rings is 2. The minimum absolute atomic E-state index is 0.322. The second kappa shape index (κ2) is 10.5. The van der Waals surface area contributed by atoms with Crippen LogP contribution < -0.4 is 10.5 Å². The Kier molecular flexibility index (Phi) is 6.76. The summed E-state index contributed by atoms with van der Waals surface area (Å²) in [5.74, 6) is 1.30. The number of hydrogen-bond acceptors (Lipinski definition) is 7. The number of aromatic nitrogens is 4. The molecular formula is C29H35N7O. The number of likely N-dealkylation sites (N-methyl/N-ethyl adjacent to an activating group) is 1. The maximum absolute atomic E-state index is 6.37. The van der Waals surface area contributed by atoms with E-state index >= 15 is 0 Å². The molecule has 192 valence electrons. The van der Waals surface area contributed by atoms with Crippen molar-refractivity contribution >= 4 is 16.9 Å². The number of anilines is 1. The molecule has 2 fully saturated rings. The first kappa shape index (κ1) is 23.9. The molecule has 2 N–H and O–H groups in total. The summed E-state index contributed by atoms with van der Waals surface area (Å²) in [7, 11) is 2.22. The van der Waals surface area contributed by atoms with Crippen molar-refractivity contribution in [1.82, 2.24) is 29.5 Å². The first-order valence-electron chi connectivity index (χ1n) is 13.3. The Balaban J connectivity index is 1.20. The lowest BCUT2D eigenvalue weighted by atomic mass is 9.90. The fourth-order valence-electron chi connectivity index (χ4n) is 5.76. The van der Waals surface area contributed by atoms with Gasteiger partial charge < -0.3 is 15.4 Å². The molecule has 1 saturated carbocycles. The maximum Gasteiger partial charge on any atom is 0.164 e. The number of piperazine rings is 1. The molecule has 0 unspecified atom stereocenters. The van der Waals surface area contributed by atoms with Gasteiger partial charge in [-0.05, 0) is 62.6 Å². The van der Waals surface area contributed by atoms with Gasteiger partial charge in [-0.15, -0.1) is 0 Å². The van der Waals surface area contributed by atoms with Crippen LogP contribution in [0, 0.1) is 0 Å². The van der Waals surface area contributed by atoms with Gasteiger partial charge in [-0.1, -0.05) is 30.3 Å². The highest BCUT2D eigenvalue weighted by atomic mass is 16.5. The van der Waals surface area contributed by atoms with Gasteiger partial charge in [0.1, 0.15) is 30.2 Å². The lowest BCUT2D eigenvalue weighted by Gasteiger charge is -2.41. The molecule has 0 bridgehead atoms. The summed E-state index contributed by atoms with van der Waals surface area (Å²) in [6.45, 7) is 5.22. The zero-order chi connectivity index (χ0) is 25.2. The predicted octanol–water partition coefficient (Wildman–Crippen LogP) is 4.39. The van der Waals surface area contributed by atoms with E-state index in [1.54, 1.807) is 6.33 Å². The average molecular weight is 498 g/mol. The lowest BCUT2D eigenvalue weighted by Crippen LogP contribution is -2.49. The van der Waals surface area contributed by atoms with Crippen molar-refractivity contribution in [3.05, 3.63) is 66.5 Å². The fourth-order valence-corrected chi connectivity index (χ4v) is 5.76. The summed E-state index contributed by atoms with van der Waals surface area (Å²) in [5, 5.41) is 5.92. The van der Waals surface area contributed by atoms with Crippen molar-refractivity contribution in [2.45, 2.75) is 44.4 Å². The van der Waals surface area contributed by atoms with Crippen LogP contribution in [0.15, 0.2) is 60.9 Å². The molecule has 37 heavy (non-hydrogen) atoms. The second-order valence-electron chi connectivity index (χ2n) is 10.4. The number of nitrogens with zero attached hydrogens (tertiary/aromatic N) is 6. The van der Waals surface area contributed by atoms with E-state index in [1.165, 1.54) is 39.0 Å². The Labute approximate surface area is 218 Å². The van der Waals surface area contributed by atoms with E-state index in [0.29, 0.717) is 24.5 Å². The number of rotatable bonds is 6. The molecule has 2 aliphatic rings. The van der Waals surface area contributed by atoms with Crippen LogP contribution in [0.5, 0.6) is 5.75 Å². The lowest BCUT2D eigenvalue weighted by molar-refractivity contribution is 0.0815. The highest BCUT2D eigenvalue weighted by Gasteiger charge is 2.30. The third-order valence-electron chi connectivity index (χ3n) is 7.96. The van der Waals surface area contributed by atoms with Crippen LogP contribution in [-0.4, -0.2) is 68.8 Å². The van der Waals surface area contributed by atoms with Gasteiger partial charge in [-0.2, -0.15) is 5.10 Å². The summed E-state index contributed by atoms with van der Waals surface area (Å²) < 4.78 is 8.09. The van der Waals surface area contributed by atoms with Crippen LogP contribution in [0.4, 0.5) is 5.82 Å². The Morgan fingerprint density at radius 3 is 2.30 bits per heavy atom. The van der Waals surface area contributed by atoms with E-state index in [1.807, 2.05) is 42.5 Å². The number of hydrogen-bond donors (Lipinski definition) is 1. The molecule has 8 nitrogen and oxygen atoms in total. The number of nitrogens with two attached hydrogens (primary N) is 1. The molecule has 2 aromatic carbocycles. The van der Waals surface area contributed by atoms with Crippen LogP contribution in [0.25, 0.3) is 22.3 Å². The fraction of sp³-hybridized carbons (Fsp3) is 0.414. The van der Waals surface area contributed by atoms with Crippen molar-refractivity contribution in [3.63, 3.8) is 0 Å². The summed E-state index contributed by atoms with van der Waals surface area (Å²) >= 11 is 0. The van der Waals surface area contributed by atoms with Crippen LogP contribution in [-0.2, 0) is 6.61 Å². The Hall–Kier alpha value is -3.49. The smallest absolute Gasteiger partial charge is 0.164 e. The van der Waals surface area contributed by atoms with Gasteiger partial charge in [0.05, 0.1) is 11.4 Å². The Bertz CT molecular complexity index is 1320. The molecule has 8 heteroatoms. The highest BCUT2D eigenvalue weighted by Crippen LogP contribution is 2.37. The van der Waals surface area contributed by atoms with E-state index < -0.39 is 0 Å². The minimum Gasteiger partial charge on any atom is -0.489 e. The van der Waals surface area contributed by atoms with Gasteiger partial charge in [-0.25, -0.2) is 14.6 Å². The zero-order valence-electron chi connectivity index (χ0n) is 21.5. The summed E-state index contributed by atoms with van der Waals surface area (Å²) in [4.78, 5) is 14.0. The van der Waals surface area contributed by atoms with Gasteiger partial charge in [0.15, 0.2) is 5.65 Å². The monoisotopic (exact) mass is 497 g/mol. The molecule has 3 heterocycles. The van der Waals surface area contributed by atoms with E-state index in [0.717, 1.165) is 46.4 Å². The molecule has 1 aliphatic carbocycles. The largest absolute Gasteiger partial charge is 0.489 e. The Morgan fingerprint density at radius 2 is 1.57 bits per heavy atom. The van der Waals surface area contributed by atoms with E-state index in [-0.39, 0.29) is 0 Å². The van der Waals surface area contributed by atoms with Gasteiger partial charge in [0, 0.05) is 37.8 Å². The van der Waals surface area contributed by atoms with Crippen molar-refractivity contribution < 1.29 is 4.74 Å². The first-order chi connectivity index (χ1) is 18.2. The number of nitrogen functional groups attached to an aromatic ring is 1. The number of ether oxygens (including phenoxy) is 1. The minimum atomic E-state index is 0.322. The second-order valence-corrected chi connectivity index (χ2v) is 10.4. The highest BCUT2D eigenvalue weighted by molar-refractivity contribution is 5.98. The quantitative estimate of drug-likeness (QED) is 0.423. The van der Waals surface area contributed by atoms with E-state index in [9.17, 15) is 0 Å². The van der Waals surface area contributed by atoms with Gasteiger partial charge in [0.25, 0.3) is 0 Å².